The minimum absolute atomic E-state index is 0.158. The van der Waals surface area contributed by atoms with E-state index in [1.807, 2.05) is 18.4 Å². The molecule has 0 saturated heterocycles. The van der Waals surface area contributed by atoms with Crippen LogP contribution in [-0.2, 0) is 4.79 Å². The van der Waals surface area contributed by atoms with E-state index >= 15 is 0 Å². The highest BCUT2D eigenvalue weighted by atomic mass is 32.1. The van der Waals surface area contributed by atoms with Crippen molar-refractivity contribution < 1.29 is 19.1 Å². The summed E-state index contributed by atoms with van der Waals surface area (Å²) in [5.74, 6) is 0.392. The monoisotopic (exact) mass is 328 g/mol. The van der Waals surface area contributed by atoms with E-state index in [1.165, 1.54) is 0 Å². The van der Waals surface area contributed by atoms with E-state index in [-0.39, 0.29) is 23.4 Å². The molecule has 2 aromatic rings. The number of hydrogen-bond donors (Lipinski definition) is 0. The number of allylic oxidation sites excluding steroid dienone is 1. The van der Waals surface area contributed by atoms with E-state index in [0.717, 1.165) is 10.4 Å². The number of fused-ring (bicyclic) bond motifs is 1. The van der Waals surface area contributed by atoms with Crippen molar-refractivity contribution >= 4 is 29.2 Å². The Morgan fingerprint density at radius 3 is 2.74 bits per heavy atom. The molecule has 2 heterocycles. The van der Waals surface area contributed by atoms with Crippen LogP contribution in [0.3, 0.4) is 0 Å². The van der Waals surface area contributed by atoms with Gasteiger partial charge in [0.2, 0.25) is 5.78 Å². The van der Waals surface area contributed by atoms with Crippen LogP contribution in [-0.4, -0.2) is 11.8 Å². The van der Waals surface area contributed by atoms with Crippen molar-refractivity contribution in [3.63, 3.8) is 0 Å². The van der Waals surface area contributed by atoms with Gasteiger partial charge in [0.25, 0.3) is 0 Å². The topological polar surface area (TPSA) is 52.6 Å². The summed E-state index contributed by atoms with van der Waals surface area (Å²) in [7, 11) is 0. The first-order valence-corrected chi connectivity index (χ1v) is 8.17. The number of esters is 1. The van der Waals surface area contributed by atoms with Crippen LogP contribution in [0.4, 0.5) is 0 Å². The van der Waals surface area contributed by atoms with Crippen molar-refractivity contribution in [2.75, 3.05) is 0 Å². The van der Waals surface area contributed by atoms with Crippen LogP contribution in [0.25, 0.3) is 6.08 Å². The number of ketones is 1. The molecule has 0 spiro atoms. The first-order chi connectivity index (χ1) is 11.0. The Bertz CT molecular complexity index is 814. The van der Waals surface area contributed by atoms with Crippen LogP contribution in [0, 0.1) is 12.8 Å². The van der Waals surface area contributed by atoms with Gasteiger partial charge in [-0.2, -0.15) is 0 Å². The van der Waals surface area contributed by atoms with Crippen molar-refractivity contribution in [3.8, 4) is 11.5 Å². The Morgan fingerprint density at radius 1 is 1.30 bits per heavy atom. The molecule has 0 atom stereocenters. The fourth-order valence-electron chi connectivity index (χ4n) is 2.12. The molecule has 1 aromatic carbocycles. The predicted molar refractivity (Wildman–Crippen MR) is 88.9 cm³/mol. The van der Waals surface area contributed by atoms with Crippen molar-refractivity contribution in [2.24, 2.45) is 5.92 Å². The van der Waals surface area contributed by atoms with Gasteiger partial charge in [0, 0.05) is 17.0 Å². The van der Waals surface area contributed by atoms with Gasteiger partial charge in [-0.15, -0.1) is 11.3 Å². The van der Waals surface area contributed by atoms with Gasteiger partial charge in [-0.25, -0.2) is 0 Å². The van der Waals surface area contributed by atoms with Crippen LogP contribution >= 0.6 is 11.3 Å². The molecule has 1 aliphatic rings. The number of thiophene rings is 1. The van der Waals surface area contributed by atoms with Crippen LogP contribution < -0.4 is 9.47 Å². The summed E-state index contributed by atoms with van der Waals surface area (Å²) in [6.07, 6.45) is 1.75. The summed E-state index contributed by atoms with van der Waals surface area (Å²) in [6.45, 7) is 5.51. The van der Waals surface area contributed by atoms with Gasteiger partial charge in [-0.1, -0.05) is 13.8 Å². The fourth-order valence-corrected chi connectivity index (χ4v) is 2.96. The summed E-state index contributed by atoms with van der Waals surface area (Å²) >= 11 is 1.55. The molecule has 0 aliphatic carbocycles. The molecule has 1 aromatic heterocycles. The first-order valence-electron chi connectivity index (χ1n) is 7.30. The third-order valence-corrected chi connectivity index (χ3v) is 4.46. The molecule has 0 fully saturated rings. The predicted octanol–water partition coefficient (Wildman–Crippen LogP) is 4.23. The van der Waals surface area contributed by atoms with E-state index < -0.39 is 0 Å². The molecule has 4 nitrogen and oxygen atoms in total. The maximum Gasteiger partial charge on any atom is 0.313 e. The quantitative estimate of drug-likeness (QED) is 0.480. The molecule has 0 N–H and O–H groups in total. The maximum atomic E-state index is 12.4. The smallest absolute Gasteiger partial charge is 0.313 e. The number of carbonyl (C=O) groups is 2. The molecule has 1 aliphatic heterocycles. The molecule has 3 rings (SSSR count). The highest BCUT2D eigenvalue weighted by Crippen LogP contribution is 2.35. The van der Waals surface area contributed by atoms with Crippen LogP contribution in [0.5, 0.6) is 11.5 Å². The van der Waals surface area contributed by atoms with E-state index in [2.05, 4.69) is 0 Å². The summed E-state index contributed by atoms with van der Waals surface area (Å²) in [4.78, 5) is 25.0. The van der Waals surface area contributed by atoms with Crippen LogP contribution in [0.15, 0.2) is 35.4 Å². The van der Waals surface area contributed by atoms with Gasteiger partial charge in [-0.05, 0) is 36.1 Å². The molecular weight excluding hydrogens is 312 g/mol. The SMILES string of the molecule is Cc1ccsc1/C=C1/Oc2cc(OC(=O)C(C)C)ccc2C1=O. The molecule has 5 heteroatoms. The molecule has 0 saturated carbocycles. The fraction of sp³-hybridized carbons (Fsp3) is 0.222. The minimum atomic E-state index is -0.320. The van der Waals surface area contributed by atoms with Crippen LogP contribution in [0.1, 0.15) is 34.6 Å². The third kappa shape index (κ3) is 3.05. The average Bonchev–Trinajstić information content (AvgIpc) is 3.04. The number of Topliss-reactive ketones (excluding diaryl/α,β-unsaturated/α-hetero) is 1. The van der Waals surface area contributed by atoms with Crippen molar-refractivity contribution in [1.82, 2.24) is 0 Å². The second kappa shape index (κ2) is 6.01. The lowest BCUT2D eigenvalue weighted by Gasteiger charge is -2.07. The zero-order chi connectivity index (χ0) is 16.6. The van der Waals surface area contributed by atoms with Crippen molar-refractivity contribution in [3.05, 3.63) is 51.4 Å². The number of benzene rings is 1. The maximum absolute atomic E-state index is 12.4. The number of ether oxygens (including phenoxy) is 2. The lowest BCUT2D eigenvalue weighted by Crippen LogP contribution is -2.14. The van der Waals surface area contributed by atoms with Crippen molar-refractivity contribution in [2.45, 2.75) is 20.8 Å². The van der Waals surface area contributed by atoms with Gasteiger partial charge in [0.05, 0.1) is 11.5 Å². The zero-order valence-corrected chi connectivity index (χ0v) is 13.9. The van der Waals surface area contributed by atoms with Gasteiger partial charge in [-0.3, -0.25) is 9.59 Å². The van der Waals surface area contributed by atoms with Crippen LogP contribution in [0.2, 0.25) is 0 Å². The molecule has 0 bridgehead atoms. The van der Waals surface area contributed by atoms with Gasteiger partial charge in [0.1, 0.15) is 11.5 Å². The second-order valence-corrected chi connectivity index (χ2v) is 6.59. The van der Waals surface area contributed by atoms with Crippen molar-refractivity contribution in [1.29, 1.82) is 0 Å². The first kappa shape index (κ1) is 15.5. The molecular formula is C18H16O4S. The van der Waals surface area contributed by atoms with E-state index in [9.17, 15) is 9.59 Å². The largest absolute Gasteiger partial charge is 0.452 e. The van der Waals surface area contributed by atoms with E-state index in [4.69, 9.17) is 9.47 Å². The second-order valence-electron chi connectivity index (χ2n) is 5.64. The van der Waals surface area contributed by atoms with E-state index in [1.54, 1.807) is 49.5 Å². The molecule has 0 unspecified atom stereocenters. The lowest BCUT2D eigenvalue weighted by atomic mass is 10.1. The number of hydrogen-bond acceptors (Lipinski definition) is 5. The molecule has 0 radical (unpaired) electrons. The Labute approximate surface area is 138 Å². The number of aryl methyl sites for hydroxylation is 1. The Morgan fingerprint density at radius 2 is 2.09 bits per heavy atom. The number of rotatable bonds is 3. The standard InChI is InChI=1S/C18H16O4S/c1-10(2)18(20)21-12-4-5-13-14(8-12)22-15(17(13)19)9-16-11(3)6-7-23-16/h4-10H,1-3H3/b15-9+. The normalized spacial score (nSPS) is 15.0. The van der Waals surface area contributed by atoms with E-state index in [0.29, 0.717) is 17.1 Å². The molecule has 118 valence electrons. The number of carbonyl (C=O) groups excluding carboxylic acids is 2. The summed E-state index contributed by atoms with van der Waals surface area (Å²) in [5, 5.41) is 1.97. The third-order valence-electron chi connectivity index (χ3n) is 3.50. The summed E-state index contributed by atoms with van der Waals surface area (Å²) in [6, 6.07) is 6.81. The summed E-state index contributed by atoms with van der Waals surface area (Å²) < 4.78 is 10.9. The summed E-state index contributed by atoms with van der Waals surface area (Å²) in [5.41, 5.74) is 1.58. The Kier molecular flexibility index (Phi) is 4.05. The Balaban J connectivity index is 1.87. The average molecular weight is 328 g/mol. The van der Waals surface area contributed by atoms with Gasteiger partial charge < -0.3 is 9.47 Å². The van der Waals surface area contributed by atoms with Gasteiger partial charge in [0.15, 0.2) is 5.76 Å². The minimum Gasteiger partial charge on any atom is -0.452 e. The van der Waals surface area contributed by atoms with Gasteiger partial charge >= 0.3 is 5.97 Å². The Hall–Kier alpha value is -2.40. The molecule has 0 amide bonds. The lowest BCUT2D eigenvalue weighted by molar-refractivity contribution is -0.137. The highest BCUT2D eigenvalue weighted by molar-refractivity contribution is 7.11. The molecule has 23 heavy (non-hydrogen) atoms. The zero-order valence-electron chi connectivity index (χ0n) is 13.1. The highest BCUT2D eigenvalue weighted by Gasteiger charge is 2.28.